The Morgan fingerprint density at radius 1 is 1.12 bits per heavy atom. The fourth-order valence-electron chi connectivity index (χ4n) is 2.86. The van der Waals surface area contributed by atoms with Gasteiger partial charge in [-0.3, -0.25) is 9.59 Å². The number of rotatable bonds is 4. The zero-order chi connectivity index (χ0) is 18.7. The highest BCUT2D eigenvalue weighted by molar-refractivity contribution is 7.09. The Kier molecular flexibility index (Phi) is 5.56. The normalized spacial score (nSPS) is 14.6. The van der Waals surface area contributed by atoms with Crippen LogP contribution in [0.2, 0.25) is 0 Å². The van der Waals surface area contributed by atoms with Crippen LogP contribution in [-0.2, 0) is 0 Å². The van der Waals surface area contributed by atoms with Gasteiger partial charge in [0.1, 0.15) is 11.4 Å². The number of benzene rings is 1. The number of piperazine rings is 1. The summed E-state index contributed by atoms with van der Waals surface area (Å²) in [6, 6.07) is 7.14. The zero-order valence-corrected chi connectivity index (χ0v) is 16.1. The van der Waals surface area contributed by atoms with Gasteiger partial charge in [0.25, 0.3) is 11.8 Å². The molecule has 1 aliphatic heterocycles. The second-order valence-electron chi connectivity index (χ2n) is 6.54. The van der Waals surface area contributed by atoms with Crippen LogP contribution in [0.4, 0.5) is 0 Å². The molecule has 0 saturated carbocycles. The van der Waals surface area contributed by atoms with Crippen molar-refractivity contribution in [2.45, 2.75) is 19.8 Å². The second kappa shape index (κ2) is 7.86. The number of thiazole rings is 1. The van der Waals surface area contributed by atoms with Crippen LogP contribution in [0.15, 0.2) is 29.6 Å². The molecule has 1 aliphatic rings. The van der Waals surface area contributed by atoms with Crippen LogP contribution in [0, 0.1) is 0 Å². The van der Waals surface area contributed by atoms with Gasteiger partial charge in [-0.2, -0.15) is 0 Å². The van der Waals surface area contributed by atoms with Crippen molar-refractivity contribution >= 4 is 23.2 Å². The maximum Gasteiger partial charge on any atom is 0.273 e. The number of nitrogens with zero attached hydrogens (tertiary/aromatic N) is 3. The molecule has 26 heavy (non-hydrogen) atoms. The maximum atomic E-state index is 12.6. The second-order valence-corrected chi connectivity index (χ2v) is 7.43. The maximum absolute atomic E-state index is 12.6. The predicted molar refractivity (Wildman–Crippen MR) is 101 cm³/mol. The van der Waals surface area contributed by atoms with E-state index in [2.05, 4.69) is 18.8 Å². The zero-order valence-electron chi connectivity index (χ0n) is 15.3. The number of hydrogen-bond acceptors (Lipinski definition) is 5. The molecule has 0 unspecified atom stereocenters. The van der Waals surface area contributed by atoms with Gasteiger partial charge >= 0.3 is 0 Å². The lowest BCUT2D eigenvalue weighted by molar-refractivity contribution is 0.0532. The van der Waals surface area contributed by atoms with E-state index in [0.717, 1.165) is 5.01 Å². The molecule has 1 aromatic heterocycles. The molecule has 6 nitrogen and oxygen atoms in total. The average Bonchev–Trinajstić information content (AvgIpc) is 3.17. The van der Waals surface area contributed by atoms with Crippen LogP contribution in [0.3, 0.4) is 0 Å². The topological polar surface area (TPSA) is 62.7 Å². The van der Waals surface area contributed by atoms with Crippen LogP contribution in [-0.4, -0.2) is 59.9 Å². The largest absolute Gasteiger partial charge is 0.497 e. The first-order chi connectivity index (χ1) is 12.5. The molecule has 1 fully saturated rings. The minimum atomic E-state index is -0.0540. The minimum absolute atomic E-state index is 0.0354. The fourth-order valence-corrected chi connectivity index (χ4v) is 3.67. The van der Waals surface area contributed by atoms with E-state index in [9.17, 15) is 9.59 Å². The van der Waals surface area contributed by atoms with Crippen molar-refractivity contribution in [3.63, 3.8) is 0 Å². The van der Waals surface area contributed by atoms with Crippen molar-refractivity contribution in [1.82, 2.24) is 14.8 Å². The lowest BCUT2D eigenvalue weighted by atomic mass is 10.1. The number of hydrogen-bond donors (Lipinski definition) is 0. The minimum Gasteiger partial charge on any atom is -0.497 e. The monoisotopic (exact) mass is 373 g/mol. The molecular formula is C19H23N3O3S. The molecule has 138 valence electrons. The van der Waals surface area contributed by atoms with E-state index < -0.39 is 0 Å². The van der Waals surface area contributed by atoms with Crippen molar-refractivity contribution in [3.05, 3.63) is 45.9 Å². The molecular weight excluding hydrogens is 350 g/mol. The molecule has 0 spiro atoms. The van der Waals surface area contributed by atoms with Gasteiger partial charge in [-0.1, -0.05) is 19.9 Å². The van der Waals surface area contributed by atoms with Crippen molar-refractivity contribution in [1.29, 1.82) is 0 Å². The summed E-state index contributed by atoms with van der Waals surface area (Å²) in [5.74, 6) is 0.890. The standard InChI is InChI=1S/C19H23N3O3S/c1-13(2)17-20-16(12-26-17)19(24)22-9-7-21(8-10-22)18(23)14-5-4-6-15(11-14)25-3/h4-6,11-13H,7-10H2,1-3H3. The molecule has 1 saturated heterocycles. The van der Waals surface area contributed by atoms with Crippen LogP contribution >= 0.6 is 11.3 Å². The van der Waals surface area contributed by atoms with Gasteiger partial charge in [0, 0.05) is 43.0 Å². The number of carbonyl (C=O) groups excluding carboxylic acids is 2. The van der Waals surface area contributed by atoms with E-state index >= 15 is 0 Å². The SMILES string of the molecule is COc1cccc(C(=O)N2CCN(C(=O)c3csc(C(C)C)n3)CC2)c1. The van der Waals surface area contributed by atoms with Gasteiger partial charge in [0.2, 0.25) is 0 Å². The Morgan fingerprint density at radius 2 is 1.77 bits per heavy atom. The summed E-state index contributed by atoms with van der Waals surface area (Å²) in [7, 11) is 1.58. The quantitative estimate of drug-likeness (QED) is 0.827. The first-order valence-corrected chi connectivity index (χ1v) is 9.55. The third kappa shape index (κ3) is 3.88. The van der Waals surface area contributed by atoms with Crippen LogP contribution < -0.4 is 4.74 Å². The summed E-state index contributed by atoms with van der Waals surface area (Å²) >= 11 is 1.52. The molecule has 0 bridgehead atoms. The molecule has 3 rings (SSSR count). The highest BCUT2D eigenvalue weighted by Crippen LogP contribution is 2.21. The molecule has 0 N–H and O–H groups in total. The summed E-state index contributed by atoms with van der Waals surface area (Å²) < 4.78 is 5.18. The van der Waals surface area contributed by atoms with Crippen molar-refractivity contribution in [2.24, 2.45) is 0 Å². The van der Waals surface area contributed by atoms with E-state index in [1.54, 1.807) is 35.1 Å². The van der Waals surface area contributed by atoms with E-state index in [-0.39, 0.29) is 11.8 Å². The lowest BCUT2D eigenvalue weighted by Crippen LogP contribution is -2.50. The molecule has 0 aliphatic carbocycles. The molecule has 0 radical (unpaired) electrons. The summed E-state index contributed by atoms with van der Waals surface area (Å²) in [6.45, 7) is 6.20. The van der Waals surface area contributed by atoms with Gasteiger partial charge < -0.3 is 14.5 Å². The number of methoxy groups -OCH3 is 1. The predicted octanol–water partition coefficient (Wildman–Crippen LogP) is 2.87. The van der Waals surface area contributed by atoms with Crippen molar-refractivity contribution in [2.75, 3.05) is 33.3 Å². The number of aromatic nitrogens is 1. The summed E-state index contributed by atoms with van der Waals surface area (Å²) in [6.07, 6.45) is 0. The first-order valence-electron chi connectivity index (χ1n) is 8.67. The molecule has 7 heteroatoms. The highest BCUT2D eigenvalue weighted by Gasteiger charge is 2.27. The van der Waals surface area contributed by atoms with Gasteiger partial charge in [0.05, 0.1) is 12.1 Å². The highest BCUT2D eigenvalue weighted by atomic mass is 32.1. The van der Waals surface area contributed by atoms with Crippen LogP contribution in [0.25, 0.3) is 0 Å². The van der Waals surface area contributed by atoms with Gasteiger partial charge in [-0.05, 0) is 18.2 Å². The smallest absolute Gasteiger partial charge is 0.273 e. The fraction of sp³-hybridized carbons (Fsp3) is 0.421. The Hall–Kier alpha value is -2.41. The van der Waals surface area contributed by atoms with Crippen molar-refractivity contribution in [3.8, 4) is 5.75 Å². The molecule has 0 atom stereocenters. The first kappa shape index (κ1) is 18.4. The number of ether oxygens (including phenoxy) is 1. The van der Waals surface area contributed by atoms with E-state index in [4.69, 9.17) is 4.74 Å². The van der Waals surface area contributed by atoms with Crippen molar-refractivity contribution < 1.29 is 14.3 Å². The summed E-state index contributed by atoms with van der Waals surface area (Å²) in [5.41, 5.74) is 1.11. The average molecular weight is 373 g/mol. The third-order valence-electron chi connectivity index (χ3n) is 4.41. The Bertz CT molecular complexity index is 795. The molecule has 2 aromatic rings. The van der Waals surface area contributed by atoms with Crippen LogP contribution in [0.1, 0.15) is 45.6 Å². The lowest BCUT2D eigenvalue weighted by Gasteiger charge is -2.34. The van der Waals surface area contributed by atoms with Gasteiger partial charge in [-0.15, -0.1) is 11.3 Å². The van der Waals surface area contributed by atoms with Gasteiger partial charge in [-0.25, -0.2) is 4.98 Å². The molecule has 2 heterocycles. The molecule has 1 aromatic carbocycles. The van der Waals surface area contributed by atoms with E-state index in [1.165, 1.54) is 11.3 Å². The van der Waals surface area contributed by atoms with E-state index in [0.29, 0.717) is 49.1 Å². The molecule has 2 amide bonds. The Labute approximate surface area is 157 Å². The third-order valence-corrected chi connectivity index (χ3v) is 5.55. The van der Waals surface area contributed by atoms with Crippen LogP contribution in [0.5, 0.6) is 5.75 Å². The summed E-state index contributed by atoms with van der Waals surface area (Å²) in [4.78, 5) is 33.3. The Balaban J connectivity index is 1.61. The summed E-state index contributed by atoms with van der Waals surface area (Å²) in [5, 5.41) is 2.80. The van der Waals surface area contributed by atoms with Gasteiger partial charge in [0.15, 0.2) is 0 Å². The Morgan fingerprint density at radius 3 is 2.35 bits per heavy atom. The van der Waals surface area contributed by atoms with E-state index in [1.807, 2.05) is 11.4 Å². The number of carbonyl (C=O) groups is 2. The number of amides is 2.